The molecule has 3 N–H and O–H groups in total. The van der Waals surface area contributed by atoms with Gasteiger partial charge in [-0.15, -0.1) is 11.3 Å². The fourth-order valence-corrected chi connectivity index (χ4v) is 2.71. The number of thiophene rings is 1. The van der Waals surface area contributed by atoms with Crippen LogP contribution in [0.1, 0.15) is 4.88 Å². The van der Waals surface area contributed by atoms with Crippen LogP contribution < -0.4 is 5.73 Å². The Morgan fingerprint density at radius 3 is 2.88 bits per heavy atom. The van der Waals surface area contributed by atoms with E-state index in [9.17, 15) is 10.0 Å². The Morgan fingerprint density at radius 1 is 1.41 bits per heavy atom. The van der Waals surface area contributed by atoms with E-state index in [1.165, 1.54) is 15.0 Å². The summed E-state index contributed by atoms with van der Waals surface area (Å²) in [7, 11) is 0. The summed E-state index contributed by atoms with van der Waals surface area (Å²) in [5.41, 5.74) is 4.99. The van der Waals surface area contributed by atoms with Gasteiger partial charge in [-0.05, 0) is 23.9 Å². The molecule has 5 heteroatoms. The maximum atomic E-state index is 10.6. The van der Waals surface area contributed by atoms with E-state index >= 15 is 0 Å². The summed E-state index contributed by atoms with van der Waals surface area (Å²) in [5.74, 6) is -0.524. The molecule has 1 aromatic heterocycles. The summed E-state index contributed by atoms with van der Waals surface area (Å²) in [5, 5.41) is 11.6. The lowest BCUT2D eigenvalue weighted by Crippen LogP contribution is -2.32. The van der Waals surface area contributed by atoms with Gasteiger partial charge >= 0.3 is 0 Å². The summed E-state index contributed by atoms with van der Waals surface area (Å²) in [6, 6.07) is 10.3. The first-order chi connectivity index (χ1) is 8.15. The topological polar surface area (TPSA) is 66.6 Å². The first kappa shape index (κ1) is 12.0. The van der Waals surface area contributed by atoms with Crippen LogP contribution in [0.3, 0.4) is 0 Å². The van der Waals surface area contributed by atoms with Crippen molar-refractivity contribution in [1.82, 2.24) is 5.06 Å². The summed E-state index contributed by atoms with van der Waals surface area (Å²) < 4.78 is 1.24. The highest BCUT2D eigenvalue weighted by Gasteiger charge is 2.06. The van der Waals surface area contributed by atoms with Crippen LogP contribution in [-0.4, -0.2) is 29.3 Å². The Balaban J connectivity index is 1.97. The second-order valence-corrected chi connectivity index (χ2v) is 5.02. The molecule has 0 aliphatic carbocycles. The lowest BCUT2D eigenvalue weighted by atomic mass is 10.2. The molecule has 17 heavy (non-hydrogen) atoms. The van der Waals surface area contributed by atoms with Gasteiger partial charge in [0.2, 0.25) is 5.91 Å². The number of hydrogen-bond donors (Lipinski definition) is 2. The number of nitrogens with two attached hydrogens (primary N) is 1. The van der Waals surface area contributed by atoms with Crippen LogP contribution in [0.4, 0.5) is 0 Å². The molecule has 0 fully saturated rings. The Bertz CT molecular complexity index is 491. The highest BCUT2D eigenvalue weighted by Crippen LogP contribution is 2.25. The van der Waals surface area contributed by atoms with Gasteiger partial charge in [-0.2, -0.15) is 5.06 Å². The van der Waals surface area contributed by atoms with Gasteiger partial charge < -0.3 is 10.9 Å². The molecule has 1 heterocycles. The number of amides is 1. The normalized spacial score (nSPS) is 11.2. The van der Waals surface area contributed by atoms with E-state index in [1.807, 2.05) is 12.1 Å². The molecule has 2 aromatic rings. The predicted molar refractivity (Wildman–Crippen MR) is 68.1 cm³/mol. The number of benzene rings is 1. The minimum atomic E-state index is -0.524. The Labute approximate surface area is 103 Å². The molecule has 0 aliphatic heterocycles. The molecular formula is C12H14N2O2S. The van der Waals surface area contributed by atoms with Crippen molar-refractivity contribution in [3.8, 4) is 0 Å². The summed E-state index contributed by atoms with van der Waals surface area (Å²) in [6.07, 6.45) is 0.711. The molecule has 0 spiro atoms. The van der Waals surface area contributed by atoms with Crippen LogP contribution in [0, 0.1) is 0 Å². The van der Waals surface area contributed by atoms with Gasteiger partial charge in [-0.3, -0.25) is 4.79 Å². The van der Waals surface area contributed by atoms with Crippen LogP contribution in [0.5, 0.6) is 0 Å². The first-order valence-electron chi connectivity index (χ1n) is 5.35. The number of nitrogens with zero attached hydrogens (tertiary/aromatic N) is 1. The van der Waals surface area contributed by atoms with Gasteiger partial charge in [-0.25, -0.2) is 0 Å². The first-order valence-corrected chi connectivity index (χ1v) is 6.16. The van der Waals surface area contributed by atoms with Crippen molar-refractivity contribution < 1.29 is 10.0 Å². The summed E-state index contributed by atoms with van der Waals surface area (Å²) in [6.45, 7) is 0.292. The van der Waals surface area contributed by atoms with Crippen LogP contribution in [0.25, 0.3) is 10.1 Å². The van der Waals surface area contributed by atoms with E-state index in [0.717, 1.165) is 5.06 Å². The third kappa shape index (κ3) is 3.26. The molecule has 1 aromatic carbocycles. The predicted octanol–water partition coefficient (Wildman–Crippen LogP) is 1.62. The summed E-state index contributed by atoms with van der Waals surface area (Å²) >= 11 is 1.70. The van der Waals surface area contributed by atoms with Gasteiger partial charge in [-0.1, -0.05) is 18.2 Å². The Morgan fingerprint density at radius 2 is 2.18 bits per heavy atom. The van der Waals surface area contributed by atoms with E-state index in [0.29, 0.717) is 13.0 Å². The molecule has 0 saturated heterocycles. The maximum Gasteiger partial charge on any atom is 0.234 e. The standard InChI is InChI=1S/C12H14N2O2S/c13-12(15)8-14(16)6-5-10-7-9-3-1-2-4-11(9)17-10/h1-4,7,16H,5-6,8H2,(H2,13,15). The van der Waals surface area contributed by atoms with Gasteiger partial charge in [0.1, 0.15) is 6.54 Å². The van der Waals surface area contributed by atoms with Crippen molar-refractivity contribution in [2.45, 2.75) is 6.42 Å². The van der Waals surface area contributed by atoms with Crippen LogP contribution in [-0.2, 0) is 11.2 Å². The smallest absolute Gasteiger partial charge is 0.234 e. The Kier molecular flexibility index (Phi) is 3.73. The fraction of sp³-hybridized carbons (Fsp3) is 0.250. The van der Waals surface area contributed by atoms with E-state index in [4.69, 9.17) is 5.73 Å². The minimum Gasteiger partial charge on any atom is -0.368 e. The third-order valence-electron chi connectivity index (χ3n) is 2.43. The van der Waals surface area contributed by atoms with Crippen molar-refractivity contribution in [2.24, 2.45) is 5.73 Å². The zero-order chi connectivity index (χ0) is 12.3. The lowest BCUT2D eigenvalue weighted by molar-refractivity contribution is -0.134. The zero-order valence-electron chi connectivity index (χ0n) is 9.30. The quantitative estimate of drug-likeness (QED) is 0.792. The van der Waals surface area contributed by atoms with E-state index in [2.05, 4.69) is 18.2 Å². The monoisotopic (exact) mass is 250 g/mol. The Hall–Kier alpha value is -1.43. The van der Waals surface area contributed by atoms with Gasteiger partial charge in [0, 0.05) is 16.1 Å². The van der Waals surface area contributed by atoms with Gasteiger partial charge in [0.05, 0.1) is 0 Å². The lowest BCUT2D eigenvalue weighted by Gasteiger charge is -2.10. The van der Waals surface area contributed by atoms with Gasteiger partial charge in [0.25, 0.3) is 0 Å². The summed E-state index contributed by atoms with van der Waals surface area (Å²) in [4.78, 5) is 11.8. The van der Waals surface area contributed by atoms with E-state index < -0.39 is 5.91 Å². The molecule has 0 bridgehead atoms. The maximum absolute atomic E-state index is 10.6. The van der Waals surface area contributed by atoms with Crippen LogP contribution in [0.2, 0.25) is 0 Å². The number of primary amides is 1. The van der Waals surface area contributed by atoms with Gasteiger partial charge in [0.15, 0.2) is 0 Å². The number of hydroxylamine groups is 2. The molecule has 1 amide bonds. The number of rotatable bonds is 5. The van der Waals surface area contributed by atoms with Crippen molar-refractivity contribution in [1.29, 1.82) is 0 Å². The molecule has 2 rings (SSSR count). The van der Waals surface area contributed by atoms with Crippen LogP contribution >= 0.6 is 11.3 Å². The van der Waals surface area contributed by atoms with Crippen LogP contribution in [0.15, 0.2) is 30.3 Å². The highest BCUT2D eigenvalue weighted by atomic mass is 32.1. The molecule has 0 unspecified atom stereocenters. The molecule has 4 nitrogen and oxygen atoms in total. The highest BCUT2D eigenvalue weighted by molar-refractivity contribution is 7.19. The molecule has 0 atom stereocenters. The van der Waals surface area contributed by atoms with Crippen molar-refractivity contribution in [3.63, 3.8) is 0 Å². The molecule has 0 radical (unpaired) electrons. The second kappa shape index (κ2) is 5.27. The van der Waals surface area contributed by atoms with Crippen molar-refractivity contribution >= 4 is 27.3 Å². The average molecular weight is 250 g/mol. The zero-order valence-corrected chi connectivity index (χ0v) is 10.1. The number of carbonyl (C=O) groups excluding carboxylic acids is 1. The fourth-order valence-electron chi connectivity index (χ4n) is 1.66. The van der Waals surface area contributed by atoms with Crippen molar-refractivity contribution in [3.05, 3.63) is 35.2 Å². The number of hydrogen-bond acceptors (Lipinski definition) is 4. The number of carbonyl (C=O) groups is 1. The SMILES string of the molecule is NC(=O)CN(O)CCc1cc2ccccc2s1. The molecule has 0 saturated carbocycles. The molecule has 0 aliphatic rings. The van der Waals surface area contributed by atoms with E-state index in [-0.39, 0.29) is 6.54 Å². The second-order valence-electron chi connectivity index (χ2n) is 3.86. The third-order valence-corrected chi connectivity index (χ3v) is 3.61. The largest absolute Gasteiger partial charge is 0.368 e. The van der Waals surface area contributed by atoms with Crippen molar-refractivity contribution in [2.75, 3.05) is 13.1 Å². The van der Waals surface area contributed by atoms with E-state index in [1.54, 1.807) is 11.3 Å². The molecular weight excluding hydrogens is 236 g/mol. The average Bonchev–Trinajstić information content (AvgIpc) is 2.68. The molecule has 90 valence electrons. The minimum absolute atomic E-state index is 0.120. The number of fused-ring (bicyclic) bond motifs is 1.